The average molecular weight is 352 g/mol. The van der Waals surface area contributed by atoms with E-state index in [-0.39, 0.29) is 0 Å². The number of fused-ring (bicyclic) bond motifs is 1. The molecule has 2 aromatic carbocycles. The molecule has 0 atom stereocenters. The Balaban J connectivity index is 1.99. The first-order chi connectivity index (χ1) is 11.8. The minimum atomic E-state index is 0.677. The standard InChI is InChI=1S/C19H14ClN3S/c1-24-16-8-6-13(7-9-16)18-17(14-4-2-5-15(20)12-14)22-19-21-10-3-11-23(18)19/h2-12H,1H3. The van der Waals surface area contributed by atoms with Gasteiger partial charge < -0.3 is 0 Å². The topological polar surface area (TPSA) is 30.2 Å². The van der Waals surface area contributed by atoms with Crippen molar-refractivity contribution in [3.05, 3.63) is 72.0 Å². The molecule has 0 aliphatic heterocycles. The summed E-state index contributed by atoms with van der Waals surface area (Å²) in [7, 11) is 0. The number of thioether (sulfide) groups is 1. The molecule has 24 heavy (non-hydrogen) atoms. The van der Waals surface area contributed by atoms with Gasteiger partial charge in [0.1, 0.15) is 0 Å². The third-order valence-electron chi connectivity index (χ3n) is 3.87. The fourth-order valence-corrected chi connectivity index (χ4v) is 3.35. The molecule has 2 heterocycles. The number of aromatic nitrogens is 3. The third kappa shape index (κ3) is 2.68. The molecular formula is C19H14ClN3S. The van der Waals surface area contributed by atoms with Crippen LogP contribution >= 0.6 is 23.4 Å². The Kier molecular flexibility index (Phi) is 4.00. The molecule has 0 radical (unpaired) electrons. The molecule has 5 heteroatoms. The number of hydrogen-bond donors (Lipinski definition) is 0. The summed E-state index contributed by atoms with van der Waals surface area (Å²) in [5, 5.41) is 0.696. The molecule has 118 valence electrons. The van der Waals surface area contributed by atoms with Crippen molar-refractivity contribution in [2.45, 2.75) is 4.90 Å². The lowest BCUT2D eigenvalue weighted by atomic mass is 10.0. The first-order valence-corrected chi connectivity index (χ1v) is 9.10. The van der Waals surface area contributed by atoms with E-state index >= 15 is 0 Å². The lowest BCUT2D eigenvalue weighted by Gasteiger charge is -2.07. The minimum absolute atomic E-state index is 0.677. The maximum atomic E-state index is 6.18. The molecule has 3 nitrogen and oxygen atoms in total. The van der Waals surface area contributed by atoms with E-state index in [2.05, 4.69) is 35.5 Å². The lowest BCUT2D eigenvalue weighted by Crippen LogP contribution is -1.90. The fraction of sp³-hybridized carbons (Fsp3) is 0.0526. The highest BCUT2D eigenvalue weighted by Gasteiger charge is 2.16. The predicted octanol–water partition coefficient (Wildman–Crippen LogP) is 5.44. The smallest absolute Gasteiger partial charge is 0.234 e. The highest BCUT2D eigenvalue weighted by Crippen LogP contribution is 2.34. The summed E-state index contributed by atoms with van der Waals surface area (Å²) in [4.78, 5) is 10.3. The molecule has 0 N–H and O–H groups in total. The van der Waals surface area contributed by atoms with Gasteiger partial charge >= 0.3 is 0 Å². The van der Waals surface area contributed by atoms with Gasteiger partial charge in [-0.05, 0) is 36.6 Å². The number of rotatable bonds is 3. The lowest BCUT2D eigenvalue weighted by molar-refractivity contribution is 1.11. The van der Waals surface area contributed by atoms with Crippen LogP contribution in [0, 0.1) is 0 Å². The summed E-state index contributed by atoms with van der Waals surface area (Å²) in [6.45, 7) is 0. The summed E-state index contributed by atoms with van der Waals surface area (Å²) in [5.41, 5.74) is 3.99. The van der Waals surface area contributed by atoms with Crippen LogP contribution in [0.3, 0.4) is 0 Å². The summed E-state index contributed by atoms with van der Waals surface area (Å²) in [5.74, 6) is 0.677. The highest BCUT2D eigenvalue weighted by molar-refractivity contribution is 7.98. The van der Waals surface area contributed by atoms with Crippen molar-refractivity contribution in [3.8, 4) is 22.5 Å². The van der Waals surface area contributed by atoms with Crippen molar-refractivity contribution < 1.29 is 0 Å². The second kappa shape index (κ2) is 6.30. The predicted molar refractivity (Wildman–Crippen MR) is 101 cm³/mol. The Morgan fingerprint density at radius 2 is 1.83 bits per heavy atom. The van der Waals surface area contributed by atoms with Crippen LogP contribution in [0.1, 0.15) is 0 Å². The van der Waals surface area contributed by atoms with Gasteiger partial charge in [-0.3, -0.25) is 4.40 Å². The normalized spacial score (nSPS) is 11.1. The van der Waals surface area contributed by atoms with Crippen LogP contribution in [-0.2, 0) is 0 Å². The quantitative estimate of drug-likeness (QED) is 0.460. The van der Waals surface area contributed by atoms with Gasteiger partial charge in [0.15, 0.2) is 0 Å². The molecule has 0 unspecified atom stereocenters. The molecule has 0 aliphatic rings. The van der Waals surface area contributed by atoms with Crippen LogP contribution in [0.5, 0.6) is 0 Å². The highest BCUT2D eigenvalue weighted by atomic mass is 35.5. The SMILES string of the molecule is CSc1ccc(-c2c(-c3cccc(Cl)c3)nc3ncccn23)cc1. The van der Waals surface area contributed by atoms with Gasteiger partial charge in [0.25, 0.3) is 0 Å². The van der Waals surface area contributed by atoms with Gasteiger partial charge in [-0.2, -0.15) is 0 Å². The molecule has 0 saturated heterocycles. The van der Waals surface area contributed by atoms with Crippen molar-refractivity contribution in [1.82, 2.24) is 14.4 Å². The molecule has 0 amide bonds. The second-order valence-electron chi connectivity index (χ2n) is 5.34. The Morgan fingerprint density at radius 1 is 1.00 bits per heavy atom. The van der Waals surface area contributed by atoms with E-state index in [1.54, 1.807) is 18.0 Å². The first-order valence-electron chi connectivity index (χ1n) is 7.50. The Morgan fingerprint density at radius 3 is 2.58 bits per heavy atom. The molecule has 4 aromatic rings. The summed E-state index contributed by atoms with van der Waals surface area (Å²) in [6, 6.07) is 18.2. The number of nitrogens with zero attached hydrogens (tertiary/aromatic N) is 3. The van der Waals surface area contributed by atoms with E-state index in [9.17, 15) is 0 Å². The number of hydrogen-bond acceptors (Lipinski definition) is 3. The third-order valence-corrected chi connectivity index (χ3v) is 4.84. The van der Waals surface area contributed by atoms with Gasteiger partial charge in [-0.25, -0.2) is 9.97 Å². The van der Waals surface area contributed by atoms with Gasteiger partial charge in [0, 0.05) is 33.4 Å². The first kappa shape index (κ1) is 15.2. The van der Waals surface area contributed by atoms with E-state index in [4.69, 9.17) is 16.6 Å². The van der Waals surface area contributed by atoms with Gasteiger partial charge in [-0.15, -0.1) is 11.8 Å². The van der Waals surface area contributed by atoms with E-state index in [0.29, 0.717) is 10.8 Å². The van der Waals surface area contributed by atoms with Gasteiger partial charge in [-0.1, -0.05) is 35.9 Å². The van der Waals surface area contributed by atoms with Gasteiger partial charge in [0.05, 0.1) is 11.4 Å². The molecular weight excluding hydrogens is 338 g/mol. The molecule has 0 saturated carbocycles. The van der Waals surface area contributed by atoms with Crippen LogP contribution < -0.4 is 0 Å². The van der Waals surface area contributed by atoms with Crippen molar-refractivity contribution in [3.63, 3.8) is 0 Å². The number of imidazole rings is 1. The van der Waals surface area contributed by atoms with E-state index in [0.717, 1.165) is 22.5 Å². The van der Waals surface area contributed by atoms with Gasteiger partial charge in [0.2, 0.25) is 5.78 Å². The Bertz CT molecular complexity index is 1010. The molecule has 4 rings (SSSR count). The average Bonchev–Trinajstić information content (AvgIpc) is 3.01. The van der Waals surface area contributed by atoms with E-state index in [1.807, 2.05) is 40.9 Å². The van der Waals surface area contributed by atoms with Crippen LogP contribution in [0.2, 0.25) is 5.02 Å². The zero-order valence-corrected chi connectivity index (χ0v) is 14.6. The van der Waals surface area contributed by atoms with Crippen LogP contribution in [0.4, 0.5) is 0 Å². The number of benzene rings is 2. The van der Waals surface area contributed by atoms with Crippen molar-refractivity contribution in [2.24, 2.45) is 0 Å². The van der Waals surface area contributed by atoms with Crippen molar-refractivity contribution in [2.75, 3.05) is 6.26 Å². The maximum Gasteiger partial charge on any atom is 0.234 e. The van der Waals surface area contributed by atoms with Crippen LogP contribution in [0.15, 0.2) is 71.9 Å². The molecule has 0 aliphatic carbocycles. The summed E-state index contributed by atoms with van der Waals surface area (Å²) >= 11 is 7.91. The van der Waals surface area contributed by atoms with E-state index in [1.165, 1.54) is 4.90 Å². The Hall–Kier alpha value is -2.30. The molecule has 2 aromatic heterocycles. The van der Waals surface area contributed by atoms with E-state index < -0.39 is 0 Å². The minimum Gasteiger partial charge on any atom is -0.283 e. The zero-order chi connectivity index (χ0) is 16.5. The van der Waals surface area contributed by atoms with Crippen LogP contribution in [0.25, 0.3) is 28.3 Å². The van der Waals surface area contributed by atoms with Crippen molar-refractivity contribution >= 4 is 29.1 Å². The summed E-state index contributed by atoms with van der Waals surface area (Å²) < 4.78 is 2.02. The van der Waals surface area contributed by atoms with Crippen LogP contribution in [-0.4, -0.2) is 20.6 Å². The second-order valence-corrected chi connectivity index (χ2v) is 6.65. The Labute approximate surface area is 149 Å². The fourth-order valence-electron chi connectivity index (χ4n) is 2.75. The maximum absolute atomic E-state index is 6.18. The number of halogens is 1. The summed E-state index contributed by atoms with van der Waals surface area (Å²) in [6.07, 6.45) is 5.82. The largest absolute Gasteiger partial charge is 0.283 e. The molecule has 0 fully saturated rings. The zero-order valence-electron chi connectivity index (χ0n) is 13.0. The monoisotopic (exact) mass is 351 g/mol. The molecule has 0 bridgehead atoms. The molecule has 0 spiro atoms. The van der Waals surface area contributed by atoms with Crippen molar-refractivity contribution in [1.29, 1.82) is 0 Å².